The van der Waals surface area contributed by atoms with Gasteiger partial charge in [0, 0.05) is 18.7 Å². The van der Waals surface area contributed by atoms with Crippen LogP contribution in [0, 0.1) is 0 Å². The van der Waals surface area contributed by atoms with Crippen molar-refractivity contribution in [1.29, 1.82) is 0 Å². The molecule has 10 heteroatoms. The third-order valence-corrected chi connectivity index (χ3v) is 5.76. The van der Waals surface area contributed by atoms with Gasteiger partial charge in [0.2, 0.25) is 17.3 Å². The number of ether oxygens (including phenoxy) is 3. The number of methoxy groups -OCH3 is 2. The van der Waals surface area contributed by atoms with E-state index >= 15 is 0 Å². The molecule has 0 spiro atoms. The molecule has 2 heterocycles. The number of rotatable bonds is 7. The van der Waals surface area contributed by atoms with Crippen molar-refractivity contribution in [2.45, 2.75) is 19.7 Å². The number of benzene rings is 2. The Balaban J connectivity index is 1.75. The van der Waals surface area contributed by atoms with Crippen LogP contribution in [-0.4, -0.2) is 33.7 Å². The predicted molar refractivity (Wildman–Crippen MR) is 121 cm³/mol. The first-order valence-corrected chi connectivity index (χ1v) is 11.8. The highest BCUT2D eigenvalue weighted by Crippen LogP contribution is 2.41. The quantitative estimate of drug-likeness (QED) is 0.381. The molecule has 1 aliphatic heterocycles. The van der Waals surface area contributed by atoms with Gasteiger partial charge in [0.15, 0.2) is 15.9 Å². The van der Waals surface area contributed by atoms with Crippen molar-refractivity contribution in [3.05, 3.63) is 59.8 Å². The minimum absolute atomic E-state index is 0.215. The summed E-state index contributed by atoms with van der Waals surface area (Å²) in [6.45, 7) is 4.50. The van der Waals surface area contributed by atoms with Crippen molar-refractivity contribution in [2.75, 3.05) is 25.7 Å². The fourth-order valence-electron chi connectivity index (χ4n) is 3.68. The van der Waals surface area contributed by atoms with E-state index < -0.39 is 16.0 Å². The monoisotopic (exact) mass is 472 g/mol. The van der Waals surface area contributed by atoms with Crippen LogP contribution in [0.2, 0.25) is 0 Å². The molecule has 9 nitrogen and oxygen atoms in total. The van der Waals surface area contributed by atoms with Crippen molar-refractivity contribution in [3.63, 3.8) is 0 Å². The van der Waals surface area contributed by atoms with Gasteiger partial charge in [-0.15, -0.1) is 4.57 Å². The Hall–Kier alpha value is -3.50. The maximum atomic E-state index is 11.6. The molecule has 0 aliphatic carbocycles. The van der Waals surface area contributed by atoms with Gasteiger partial charge in [0.25, 0.3) is 5.52 Å². The Morgan fingerprint density at radius 1 is 1.15 bits per heavy atom. The molecule has 0 atom stereocenters. The number of fused-ring (bicyclic) bond motifs is 2. The van der Waals surface area contributed by atoms with Crippen LogP contribution in [0.25, 0.3) is 17.2 Å². The fourth-order valence-corrected chi connectivity index (χ4v) is 4.26. The lowest BCUT2D eigenvalue weighted by molar-refractivity contribution is -0.658. The standard InChI is InChI=1S/C23H24N2O7S/c1-5-24-18-12-16(29-3)6-8-20(18)31-22(24)10-15(2)11-23-25(14-33(26,27)28)19-13-17(30-4)7-9-21(19)32-23/h6-13H,5,14H2,1-4H3. The van der Waals surface area contributed by atoms with E-state index in [1.54, 1.807) is 31.4 Å². The Kier molecular flexibility index (Phi) is 6.05. The van der Waals surface area contributed by atoms with E-state index in [0.717, 1.165) is 17.0 Å². The van der Waals surface area contributed by atoms with E-state index in [-0.39, 0.29) is 5.89 Å². The molecule has 1 aliphatic rings. The summed E-state index contributed by atoms with van der Waals surface area (Å²) in [5.74, 6) is 2.00. The molecule has 0 amide bonds. The summed E-state index contributed by atoms with van der Waals surface area (Å²) >= 11 is 0. The van der Waals surface area contributed by atoms with Gasteiger partial charge in [0.1, 0.15) is 11.5 Å². The van der Waals surface area contributed by atoms with Crippen LogP contribution in [0.3, 0.4) is 0 Å². The van der Waals surface area contributed by atoms with Crippen LogP contribution in [0.1, 0.15) is 19.7 Å². The highest BCUT2D eigenvalue weighted by atomic mass is 32.2. The molecule has 174 valence electrons. The average Bonchev–Trinajstić information content (AvgIpc) is 3.28. The molecule has 0 fully saturated rings. The number of nitrogens with zero attached hydrogens (tertiary/aromatic N) is 2. The van der Waals surface area contributed by atoms with Crippen LogP contribution in [0.15, 0.2) is 58.3 Å². The Bertz CT molecular complexity index is 1370. The molecule has 0 bridgehead atoms. The topological polar surface area (TPSA) is 105 Å². The van der Waals surface area contributed by atoms with E-state index in [1.165, 1.54) is 11.7 Å². The molecular weight excluding hydrogens is 448 g/mol. The lowest BCUT2D eigenvalue weighted by Gasteiger charge is -2.16. The molecule has 1 aromatic heterocycles. The zero-order valence-corrected chi connectivity index (χ0v) is 19.5. The van der Waals surface area contributed by atoms with Crippen LogP contribution in [0.5, 0.6) is 17.2 Å². The van der Waals surface area contributed by atoms with Crippen molar-refractivity contribution in [2.24, 2.45) is 0 Å². The van der Waals surface area contributed by atoms with Crippen molar-refractivity contribution in [3.8, 4) is 17.2 Å². The van der Waals surface area contributed by atoms with Crippen LogP contribution < -0.4 is 23.7 Å². The van der Waals surface area contributed by atoms with Crippen LogP contribution >= 0.6 is 0 Å². The first-order chi connectivity index (χ1) is 15.7. The zero-order chi connectivity index (χ0) is 23.8. The minimum atomic E-state index is -4.57. The number of hydrogen-bond acceptors (Lipinski definition) is 8. The Labute approximate surface area is 191 Å². The zero-order valence-electron chi connectivity index (χ0n) is 18.7. The first kappa shape index (κ1) is 22.7. The molecule has 4 rings (SSSR count). The molecule has 0 unspecified atom stereocenters. The maximum absolute atomic E-state index is 11.6. The van der Waals surface area contributed by atoms with Crippen molar-refractivity contribution in [1.82, 2.24) is 0 Å². The third-order valence-electron chi connectivity index (χ3n) is 5.18. The number of anilines is 1. The highest BCUT2D eigenvalue weighted by Gasteiger charge is 2.27. The van der Waals surface area contributed by atoms with Crippen LogP contribution in [-0.2, 0) is 16.0 Å². The summed E-state index contributed by atoms with van der Waals surface area (Å²) in [6.07, 6.45) is 3.48. The van der Waals surface area contributed by atoms with Crippen LogP contribution in [0.4, 0.5) is 5.69 Å². The normalized spacial score (nSPS) is 15.1. The molecule has 0 saturated heterocycles. The lowest BCUT2D eigenvalue weighted by Crippen LogP contribution is -2.39. The van der Waals surface area contributed by atoms with Crippen molar-refractivity contribution >= 4 is 33.0 Å². The predicted octanol–water partition coefficient (Wildman–Crippen LogP) is 3.40. The van der Waals surface area contributed by atoms with E-state index in [1.807, 2.05) is 43.0 Å². The molecule has 3 aromatic rings. The first-order valence-electron chi connectivity index (χ1n) is 10.2. The highest BCUT2D eigenvalue weighted by molar-refractivity contribution is 7.84. The summed E-state index contributed by atoms with van der Waals surface area (Å²) in [5, 5.41) is 0. The minimum Gasteiger partial charge on any atom is -0.743 e. The number of oxazole rings is 1. The second-order valence-electron chi connectivity index (χ2n) is 7.44. The smallest absolute Gasteiger partial charge is 0.375 e. The summed E-state index contributed by atoms with van der Waals surface area (Å²) in [7, 11) is -1.46. The summed E-state index contributed by atoms with van der Waals surface area (Å²) < 4.78 is 58.4. The van der Waals surface area contributed by atoms with Gasteiger partial charge in [-0.3, -0.25) is 0 Å². The van der Waals surface area contributed by atoms with Gasteiger partial charge in [-0.2, -0.15) is 0 Å². The molecule has 33 heavy (non-hydrogen) atoms. The average molecular weight is 473 g/mol. The van der Waals surface area contributed by atoms with E-state index in [2.05, 4.69) is 0 Å². The van der Waals surface area contributed by atoms with Gasteiger partial charge in [-0.1, -0.05) is 0 Å². The Morgan fingerprint density at radius 2 is 1.85 bits per heavy atom. The van der Waals surface area contributed by atoms with E-state index in [0.29, 0.717) is 35.0 Å². The van der Waals surface area contributed by atoms with Gasteiger partial charge in [0.05, 0.1) is 32.0 Å². The summed E-state index contributed by atoms with van der Waals surface area (Å²) in [6, 6.07) is 10.6. The summed E-state index contributed by atoms with van der Waals surface area (Å²) in [4.78, 5) is 1.99. The SMILES string of the molecule is CCN1/C(=C/C(C)=C/c2oc3ccc(OC)cc3[n+]2CS(=O)(=O)[O-])Oc2ccc(OC)cc21. The lowest BCUT2D eigenvalue weighted by atomic mass is 10.2. The number of aromatic nitrogens is 1. The molecule has 0 saturated carbocycles. The van der Waals surface area contributed by atoms with Gasteiger partial charge < -0.3 is 28.1 Å². The Morgan fingerprint density at radius 3 is 2.52 bits per heavy atom. The number of hydrogen-bond donors (Lipinski definition) is 0. The second-order valence-corrected chi connectivity index (χ2v) is 8.81. The third kappa shape index (κ3) is 4.67. The molecule has 2 aromatic carbocycles. The molecule has 0 N–H and O–H groups in total. The van der Waals surface area contributed by atoms with E-state index in [9.17, 15) is 13.0 Å². The van der Waals surface area contributed by atoms with Gasteiger partial charge in [-0.05, 0) is 43.7 Å². The van der Waals surface area contributed by atoms with E-state index in [4.69, 9.17) is 18.6 Å². The van der Waals surface area contributed by atoms with Gasteiger partial charge >= 0.3 is 5.89 Å². The largest absolute Gasteiger partial charge is 0.743 e. The second kappa shape index (κ2) is 8.80. The molecule has 0 radical (unpaired) electrons. The number of allylic oxidation sites excluding steroid dienone is 2. The molecular formula is C23H24N2O7S. The van der Waals surface area contributed by atoms with Crippen molar-refractivity contribution < 1.29 is 36.2 Å². The van der Waals surface area contributed by atoms with Gasteiger partial charge in [-0.25, -0.2) is 8.42 Å². The fraction of sp³-hybridized carbons (Fsp3) is 0.261. The summed E-state index contributed by atoms with van der Waals surface area (Å²) in [5.41, 5.74) is 2.48. The maximum Gasteiger partial charge on any atom is 0.375 e.